The summed E-state index contributed by atoms with van der Waals surface area (Å²) in [7, 11) is 0. The highest BCUT2D eigenvalue weighted by Crippen LogP contribution is 2.21. The van der Waals surface area contributed by atoms with E-state index in [1.807, 2.05) is 0 Å². The minimum atomic E-state index is 1.08. The molecule has 0 aliphatic carbocycles. The van der Waals surface area contributed by atoms with Crippen LogP contribution in [-0.4, -0.2) is 31.1 Å². The average molecular weight is 246 g/mol. The molecule has 2 nitrogen and oxygen atoms in total. The standard InChI is InChI=1S/C16H26N2/c1-13-11-14(2)16(15(3)12-13)17-7-6-10-18-8-4-5-9-18/h11-12,17H,4-10H2,1-3H3. The molecule has 0 saturated carbocycles. The summed E-state index contributed by atoms with van der Waals surface area (Å²) in [6, 6.07) is 4.52. The Bertz CT molecular complexity index is 369. The first kappa shape index (κ1) is 13.4. The fourth-order valence-corrected chi connectivity index (χ4v) is 2.98. The predicted molar refractivity (Wildman–Crippen MR) is 79.4 cm³/mol. The molecule has 0 unspecified atom stereocenters. The number of rotatable bonds is 5. The molecule has 0 spiro atoms. The minimum Gasteiger partial charge on any atom is -0.385 e. The van der Waals surface area contributed by atoms with Gasteiger partial charge in [0.15, 0.2) is 0 Å². The molecule has 100 valence electrons. The highest BCUT2D eigenvalue weighted by atomic mass is 15.1. The maximum atomic E-state index is 3.61. The number of anilines is 1. The molecule has 0 aromatic heterocycles. The molecule has 0 bridgehead atoms. The molecular weight excluding hydrogens is 220 g/mol. The van der Waals surface area contributed by atoms with E-state index in [2.05, 4.69) is 43.1 Å². The van der Waals surface area contributed by atoms with Crippen LogP contribution in [0, 0.1) is 20.8 Å². The molecule has 0 amide bonds. The van der Waals surface area contributed by atoms with E-state index in [0.29, 0.717) is 0 Å². The van der Waals surface area contributed by atoms with Crippen molar-refractivity contribution in [2.45, 2.75) is 40.0 Å². The molecule has 1 aliphatic heterocycles. The molecule has 1 aromatic rings. The Morgan fingerprint density at radius 3 is 2.28 bits per heavy atom. The van der Waals surface area contributed by atoms with Crippen molar-refractivity contribution >= 4 is 5.69 Å². The zero-order chi connectivity index (χ0) is 13.0. The van der Waals surface area contributed by atoms with Crippen LogP contribution in [-0.2, 0) is 0 Å². The van der Waals surface area contributed by atoms with Crippen LogP contribution in [0.2, 0.25) is 0 Å². The van der Waals surface area contributed by atoms with Gasteiger partial charge in [0, 0.05) is 12.2 Å². The SMILES string of the molecule is Cc1cc(C)c(NCCCN2CCCC2)c(C)c1. The Hall–Kier alpha value is -1.02. The Kier molecular flexibility index (Phi) is 4.65. The van der Waals surface area contributed by atoms with Crippen molar-refractivity contribution in [3.05, 3.63) is 28.8 Å². The molecule has 1 aliphatic rings. The number of likely N-dealkylation sites (tertiary alicyclic amines) is 1. The van der Waals surface area contributed by atoms with E-state index in [0.717, 1.165) is 6.54 Å². The summed E-state index contributed by atoms with van der Waals surface area (Å²) in [6.45, 7) is 11.5. The molecule has 1 fully saturated rings. The summed E-state index contributed by atoms with van der Waals surface area (Å²) in [5.41, 5.74) is 5.43. The van der Waals surface area contributed by atoms with Gasteiger partial charge in [0.1, 0.15) is 0 Å². The quantitative estimate of drug-likeness (QED) is 0.800. The Balaban J connectivity index is 1.79. The van der Waals surface area contributed by atoms with Gasteiger partial charge in [-0.3, -0.25) is 0 Å². The Labute approximate surface area is 111 Å². The average Bonchev–Trinajstić information content (AvgIpc) is 2.79. The van der Waals surface area contributed by atoms with E-state index in [9.17, 15) is 0 Å². The third-order valence-corrected chi connectivity index (χ3v) is 3.83. The molecule has 1 aromatic carbocycles. The van der Waals surface area contributed by atoms with Crippen LogP contribution in [0.25, 0.3) is 0 Å². The monoisotopic (exact) mass is 246 g/mol. The van der Waals surface area contributed by atoms with Crippen LogP contribution in [0.3, 0.4) is 0 Å². The molecule has 2 rings (SSSR count). The van der Waals surface area contributed by atoms with Crippen LogP contribution < -0.4 is 5.32 Å². The number of nitrogens with one attached hydrogen (secondary N) is 1. The smallest absolute Gasteiger partial charge is 0.0399 e. The largest absolute Gasteiger partial charge is 0.385 e. The van der Waals surface area contributed by atoms with Crippen LogP contribution >= 0.6 is 0 Å². The minimum absolute atomic E-state index is 1.08. The maximum Gasteiger partial charge on any atom is 0.0399 e. The second kappa shape index (κ2) is 6.24. The van der Waals surface area contributed by atoms with Crippen LogP contribution in [0.15, 0.2) is 12.1 Å². The lowest BCUT2D eigenvalue weighted by Gasteiger charge is -2.17. The highest BCUT2D eigenvalue weighted by Gasteiger charge is 2.10. The van der Waals surface area contributed by atoms with E-state index >= 15 is 0 Å². The third kappa shape index (κ3) is 3.49. The van der Waals surface area contributed by atoms with Crippen molar-refractivity contribution in [3.8, 4) is 0 Å². The van der Waals surface area contributed by atoms with Crippen LogP contribution in [0.1, 0.15) is 36.0 Å². The summed E-state index contributed by atoms with van der Waals surface area (Å²) in [5, 5.41) is 3.61. The number of aryl methyl sites for hydroxylation is 3. The third-order valence-electron chi connectivity index (χ3n) is 3.83. The maximum absolute atomic E-state index is 3.61. The first-order valence-corrected chi connectivity index (χ1v) is 7.21. The van der Waals surface area contributed by atoms with Gasteiger partial charge < -0.3 is 10.2 Å². The summed E-state index contributed by atoms with van der Waals surface area (Å²) < 4.78 is 0. The van der Waals surface area contributed by atoms with Gasteiger partial charge >= 0.3 is 0 Å². The van der Waals surface area contributed by atoms with E-state index in [1.54, 1.807) is 0 Å². The van der Waals surface area contributed by atoms with Crippen molar-refractivity contribution in [1.29, 1.82) is 0 Å². The van der Waals surface area contributed by atoms with Gasteiger partial charge in [0.05, 0.1) is 0 Å². The van der Waals surface area contributed by atoms with Crippen LogP contribution in [0.5, 0.6) is 0 Å². The number of hydrogen-bond acceptors (Lipinski definition) is 2. The molecule has 1 saturated heterocycles. The van der Waals surface area contributed by atoms with E-state index < -0.39 is 0 Å². The molecule has 2 heteroatoms. The summed E-state index contributed by atoms with van der Waals surface area (Å²) in [4.78, 5) is 2.58. The first-order valence-electron chi connectivity index (χ1n) is 7.21. The molecule has 0 radical (unpaired) electrons. The van der Waals surface area contributed by atoms with Crippen molar-refractivity contribution in [2.24, 2.45) is 0 Å². The van der Waals surface area contributed by atoms with E-state index in [4.69, 9.17) is 0 Å². The zero-order valence-corrected chi connectivity index (χ0v) is 12.1. The molecule has 1 N–H and O–H groups in total. The van der Waals surface area contributed by atoms with E-state index in [1.165, 1.54) is 61.3 Å². The molecular formula is C16H26N2. The number of nitrogens with zero attached hydrogens (tertiary/aromatic N) is 1. The van der Waals surface area contributed by atoms with Gasteiger partial charge in [0.25, 0.3) is 0 Å². The summed E-state index contributed by atoms with van der Waals surface area (Å²) in [5.74, 6) is 0. The fourth-order valence-electron chi connectivity index (χ4n) is 2.98. The van der Waals surface area contributed by atoms with Gasteiger partial charge in [-0.2, -0.15) is 0 Å². The number of benzene rings is 1. The first-order chi connectivity index (χ1) is 8.66. The van der Waals surface area contributed by atoms with E-state index in [-0.39, 0.29) is 0 Å². The van der Waals surface area contributed by atoms with Crippen molar-refractivity contribution in [3.63, 3.8) is 0 Å². The lowest BCUT2D eigenvalue weighted by Crippen LogP contribution is -2.22. The van der Waals surface area contributed by atoms with Gasteiger partial charge in [-0.1, -0.05) is 17.7 Å². The molecule has 0 atom stereocenters. The number of hydrogen-bond donors (Lipinski definition) is 1. The normalized spacial score (nSPS) is 16.2. The second-order valence-electron chi connectivity index (χ2n) is 5.60. The lowest BCUT2D eigenvalue weighted by atomic mass is 10.1. The summed E-state index contributed by atoms with van der Waals surface area (Å²) in [6.07, 6.45) is 4.03. The molecule has 18 heavy (non-hydrogen) atoms. The van der Waals surface area contributed by atoms with Crippen molar-refractivity contribution < 1.29 is 0 Å². The Morgan fingerprint density at radius 2 is 1.67 bits per heavy atom. The van der Waals surface area contributed by atoms with Gasteiger partial charge in [0.2, 0.25) is 0 Å². The lowest BCUT2D eigenvalue weighted by molar-refractivity contribution is 0.337. The Morgan fingerprint density at radius 1 is 1.06 bits per heavy atom. The predicted octanol–water partition coefficient (Wildman–Crippen LogP) is 3.51. The van der Waals surface area contributed by atoms with Crippen molar-refractivity contribution in [2.75, 3.05) is 31.5 Å². The molecule has 1 heterocycles. The second-order valence-corrected chi connectivity index (χ2v) is 5.60. The zero-order valence-electron chi connectivity index (χ0n) is 12.1. The van der Waals surface area contributed by atoms with Crippen molar-refractivity contribution in [1.82, 2.24) is 4.90 Å². The van der Waals surface area contributed by atoms with Gasteiger partial charge in [-0.15, -0.1) is 0 Å². The fraction of sp³-hybridized carbons (Fsp3) is 0.625. The van der Waals surface area contributed by atoms with Crippen LogP contribution in [0.4, 0.5) is 5.69 Å². The topological polar surface area (TPSA) is 15.3 Å². The van der Waals surface area contributed by atoms with Gasteiger partial charge in [-0.25, -0.2) is 0 Å². The summed E-state index contributed by atoms with van der Waals surface area (Å²) >= 11 is 0. The highest BCUT2D eigenvalue weighted by molar-refractivity contribution is 5.58. The van der Waals surface area contributed by atoms with Gasteiger partial charge in [-0.05, 0) is 70.8 Å².